The average Bonchev–Trinajstić information content (AvgIpc) is 3.55. The number of nitrogens with zero attached hydrogens (tertiary/aromatic N) is 4. The number of fused-ring (bicyclic) bond motifs is 1. The molecule has 1 aliphatic rings. The number of thiophene rings is 1. The topological polar surface area (TPSA) is 70.5 Å². The first-order chi connectivity index (χ1) is 18.8. The summed E-state index contributed by atoms with van der Waals surface area (Å²) in [5.41, 5.74) is 5.61. The summed E-state index contributed by atoms with van der Waals surface area (Å²) in [6.07, 6.45) is 0. The Bertz CT molecular complexity index is 1450. The molecule has 2 aromatic heterocycles. The molecule has 1 N–H and O–H groups in total. The highest BCUT2D eigenvalue weighted by molar-refractivity contribution is 8.00. The molecule has 7 nitrogen and oxygen atoms in total. The summed E-state index contributed by atoms with van der Waals surface area (Å²) in [5.74, 6) is 0.531. The van der Waals surface area contributed by atoms with Gasteiger partial charge in [-0.05, 0) is 67.7 Å². The van der Waals surface area contributed by atoms with Crippen LogP contribution in [0, 0.1) is 6.92 Å². The van der Waals surface area contributed by atoms with Crippen molar-refractivity contribution in [2.75, 3.05) is 44.4 Å². The Kier molecular flexibility index (Phi) is 8.42. The van der Waals surface area contributed by atoms with Crippen LogP contribution < -0.4 is 10.2 Å². The fourth-order valence-electron chi connectivity index (χ4n) is 4.51. The Morgan fingerprint density at radius 3 is 2.54 bits per heavy atom. The number of amides is 2. The summed E-state index contributed by atoms with van der Waals surface area (Å²) in [4.78, 5) is 30.4. The van der Waals surface area contributed by atoms with Crippen molar-refractivity contribution in [2.45, 2.75) is 12.2 Å². The van der Waals surface area contributed by atoms with Crippen molar-refractivity contribution < 1.29 is 9.59 Å². The van der Waals surface area contributed by atoms with Crippen LogP contribution in [-0.2, 0) is 9.59 Å². The first-order valence-electron chi connectivity index (χ1n) is 12.6. The van der Waals surface area contributed by atoms with Crippen LogP contribution in [0.3, 0.4) is 0 Å². The number of carbonyl (C=O) groups excluding carboxylic acids is 2. The molecule has 2 aromatic carbocycles. The Labute approximate surface area is 241 Å². The number of thioether (sulfide) groups is 1. The van der Waals surface area contributed by atoms with E-state index in [9.17, 15) is 9.59 Å². The van der Waals surface area contributed by atoms with Crippen molar-refractivity contribution in [3.63, 3.8) is 0 Å². The number of benzene rings is 2. The van der Waals surface area contributed by atoms with Crippen molar-refractivity contribution in [3.8, 4) is 16.9 Å². The molecule has 5 rings (SSSR count). The van der Waals surface area contributed by atoms with E-state index in [1.807, 2.05) is 84.5 Å². The third-order valence-electron chi connectivity index (χ3n) is 6.51. The zero-order chi connectivity index (χ0) is 27.5. The van der Waals surface area contributed by atoms with E-state index in [-0.39, 0.29) is 29.4 Å². The number of hydrogen-bond donors (Lipinski definition) is 1. The number of aromatic nitrogens is 2. The lowest BCUT2D eigenvalue weighted by Crippen LogP contribution is -2.43. The normalized spacial score (nSPS) is 15.4. The standard InChI is InChI=1S/C29H30ClN5O2S2/c1-19-4-10-23(11-5-19)35-29-26(27(32-35)20-6-8-22(30)9-7-20)28(21-12-15-38-17-21)39-18-25(37)34(29)16-24(36)31-13-14-33(2)3/h4-12,15,17,28H,13-14,16,18H2,1-3H3,(H,31,36)/t28-/m0/s1. The Morgan fingerprint density at radius 2 is 1.87 bits per heavy atom. The average molecular weight is 580 g/mol. The molecule has 0 saturated carbocycles. The van der Waals surface area contributed by atoms with E-state index in [0.717, 1.165) is 33.6 Å². The van der Waals surface area contributed by atoms with Crippen LogP contribution in [0.5, 0.6) is 0 Å². The van der Waals surface area contributed by atoms with Crippen molar-refractivity contribution in [1.82, 2.24) is 20.0 Å². The van der Waals surface area contributed by atoms with Crippen molar-refractivity contribution in [2.24, 2.45) is 0 Å². The van der Waals surface area contributed by atoms with Gasteiger partial charge in [-0.25, -0.2) is 4.68 Å². The molecular formula is C29H30ClN5O2S2. The summed E-state index contributed by atoms with van der Waals surface area (Å²) in [7, 11) is 3.91. The number of hydrogen-bond acceptors (Lipinski definition) is 6. The van der Waals surface area contributed by atoms with Gasteiger partial charge in [0, 0.05) is 29.2 Å². The number of nitrogens with one attached hydrogen (secondary N) is 1. The highest BCUT2D eigenvalue weighted by Gasteiger charge is 2.37. The molecule has 0 unspecified atom stereocenters. The largest absolute Gasteiger partial charge is 0.353 e. The maximum absolute atomic E-state index is 13.7. The van der Waals surface area contributed by atoms with Crippen molar-refractivity contribution >= 4 is 52.3 Å². The zero-order valence-electron chi connectivity index (χ0n) is 22.1. The summed E-state index contributed by atoms with van der Waals surface area (Å²) < 4.78 is 1.81. The van der Waals surface area contributed by atoms with Crippen LogP contribution in [0.2, 0.25) is 5.02 Å². The van der Waals surface area contributed by atoms with Gasteiger partial charge in [0.1, 0.15) is 12.4 Å². The molecule has 0 spiro atoms. The Hall–Kier alpha value is -3.11. The molecule has 0 saturated heterocycles. The van der Waals surface area contributed by atoms with Gasteiger partial charge in [-0.2, -0.15) is 16.4 Å². The molecule has 0 bridgehead atoms. The maximum atomic E-state index is 13.7. The van der Waals surface area contributed by atoms with Gasteiger partial charge in [-0.3, -0.25) is 14.5 Å². The smallest absolute Gasteiger partial charge is 0.240 e. The molecule has 10 heteroatoms. The summed E-state index contributed by atoms with van der Waals surface area (Å²) >= 11 is 9.41. The number of likely N-dealkylation sites (N-methyl/N-ethyl adjacent to an activating group) is 1. The lowest BCUT2D eigenvalue weighted by Gasteiger charge is -2.23. The maximum Gasteiger partial charge on any atom is 0.240 e. The first kappa shape index (κ1) is 27.5. The lowest BCUT2D eigenvalue weighted by molar-refractivity contribution is -0.122. The molecule has 3 heterocycles. The highest BCUT2D eigenvalue weighted by atomic mass is 35.5. The zero-order valence-corrected chi connectivity index (χ0v) is 24.4. The fourth-order valence-corrected chi connectivity index (χ4v) is 6.60. The predicted octanol–water partition coefficient (Wildman–Crippen LogP) is 5.41. The number of carbonyl (C=O) groups is 2. The van der Waals surface area contributed by atoms with Crippen LogP contribution in [0.15, 0.2) is 65.4 Å². The highest BCUT2D eigenvalue weighted by Crippen LogP contribution is 2.49. The minimum absolute atomic E-state index is 0.0895. The van der Waals surface area contributed by atoms with Crippen molar-refractivity contribution in [3.05, 3.63) is 87.1 Å². The van der Waals surface area contributed by atoms with Gasteiger partial charge in [0.15, 0.2) is 0 Å². The number of aryl methyl sites for hydroxylation is 1. The molecule has 0 aliphatic carbocycles. The third-order valence-corrected chi connectivity index (χ3v) is 8.72. The van der Waals surface area contributed by atoms with E-state index in [1.54, 1.807) is 28.0 Å². The summed E-state index contributed by atoms with van der Waals surface area (Å²) in [5, 5.41) is 12.7. The van der Waals surface area contributed by atoms with E-state index >= 15 is 0 Å². The molecular weight excluding hydrogens is 550 g/mol. The van der Waals surface area contributed by atoms with Gasteiger partial charge < -0.3 is 10.2 Å². The second kappa shape index (κ2) is 12.0. The van der Waals surface area contributed by atoms with Crippen LogP contribution in [-0.4, -0.2) is 66.0 Å². The number of anilines is 1. The SMILES string of the molecule is Cc1ccc(-n2nc(-c3ccc(Cl)cc3)c3c2N(CC(=O)NCCN(C)C)C(=O)CS[C@H]3c2ccsc2)cc1. The van der Waals surface area contributed by atoms with Crippen LogP contribution >= 0.6 is 34.7 Å². The first-order valence-corrected chi connectivity index (χ1v) is 15.0. The quantitative estimate of drug-likeness (QED) is 0.302. The second-order valence-corrected chi connectivity index (χ2v) is 12.0. The predicted molar refractivity (Wildman–Crippen MR) is 161 cm³/mol. The Balaban J connectivity index is 1.70. The van der Waals surface area contributed by atoms with Gasteiger partial charge in [0.25, 0.3) is 0 Å². The summed E-state index contributed by atoms with van der Waals surface area (Å²) in [6, 6.07) is 17.7. The van der Waals surface area contributed by atoms with Gasteiger partial charge in [-0.15, -0.1) is 11.8 Å². The van der Waals surface area contributed by atoms with Gasteiger partial charge in [-0.1, -0.05) is 41.4 Å². The molecule has 4 aromatic rings. The Morgan fingerprint density at radius 1 is 1.13 bits per heavy atom. The molecule has 1 atom stereocenters. The van der Waals surface area contributed by atoms with Crippen LogP contribution in [0.4, 0.5) is 5.82 Å². The van der Waals surface area contributed by atoms with Crippen molar-refractivity contribution in [1.29, 1.82) is 0 Å². The summed E-state index contributed by atoms with van der Waals surface area (Å²) in [6.45, 7) is 3.15. The fraction of sp³-hybridized carbons (Fsp3) is 0.276. The van der Waals surface area contributed by atoms with Crippen LogP contribution in [0.1, 0.15) is 21.9 Å². The molecule has 1 aliphatic heterocycles. The molecule has 0 fully saturated rings. The van der Waals surface area contributed by atoms with E-state index in [4.69, 9.17) is 16.7 Å². The monoisotopic (exact) mass is 579 g/mol. The second-order valence-electron chi connectivity index (χ2n) is 9.72. The molecule has 0 radical (unpaired) electrons. The number of rotatable bonds is 8. The van der Waals surface area contributed by atoms with Gasteiger partial charge in [0.2, 0.25) is 11.8 Å². The van der Waals surface area contributed by atoms with Crippen LogP contribution in [0.25, 0.3) is 16.9 Å². The minimum Gasteiger partial charge on any atom is -0.353 e. The van der Waals surface area contributed by atoms with E-state index < -0.39 is 0 Å². The number of halogens is 1. The van der Waals surface area contributed by atoms with Gasteiger partial charge in [0.05, 0.1) is 22.4 Å². The van der Waals surface area contributed by atoms with E-state index in [1.165, 1.54) is 0 Å². The molecule has 202 valence electrons. The molecule has 39 heavy (non-hydrogen) atoms. The minimum atomic E-state index is -0.208. The molecule has 2 amide bonds. The third kappa shape index (κ3) is 6.06. The lowest BCUT2D eigenvalue weighted by atomic mass is 10.0. The van der Waals surface area contributed by atoms with Gasteiger partial charge >= 0.3 is 0 Å². The van der Waals surface area contributed by atoms with E-state index in [0.29, 0.717) is 23.9 Å². The van der Waals surface area contributed by atoms with E-state index in [2.05, 4.69) is 16.8 Å².